The van der Waals surface area contributed by atoms with Crippen molar-refractivity contribution >= 4 is 23.3 Å². The van der Waals surface area contributed by atoms with Crippen LogP contribution in [0.1, 0.15) is 39.2 Å². The van der Waals surface area contributed by atoms with Crippen LogP contribution in [0.5, 0.6) is 5.75 Å². The molecule has 1 aliphatic carbocycles. The molecule has 1 aromatic carbocycles. The summed E-state index contributed by atoms with van der Waals surface area (Å²) in [5.41, 5.74) is 2.16. The molecular weight excluding hydrogens is 268 g/mol. The zero-order valence-corrected chi connectivity index (χ0v) is 12.7. The van der Waals surface area contributed by atoms with Gasteiger partial charge in [0.05, 0.1) is 11.6 Å². The third-order valence-corrected chi connectivity index (χ3v) is 3.98. The number of hydrogen-bond donors (Lipinski definition) is 1. The average molecular weight is 288 g/mol. The number of H-pyrrole nitrogens is 1. The number of hydrogen-bond acceptors (Lipinski definition) is 2. The molecule has 0 radical (unpaired) electrons. The Hall–Kier alpha value is -1.55. The molecule has 3 nitrogen and oxygen atoms in total. The molecule has 2 aromatic rings. The van der Waals surface area contributed by atoms with Crippen LogP contribution in [0.15, 0.2) is 30.4 Å². The summed E-state index contributed by atoms with van der Waals surface area (Å²) in [4.78, 5) is 3.33. The first-order chi connectivity index (χ1) is 9.66. The Bertz CT molecular complexity index is 696. The molecule has 0 bridgehead atoms. The third-order valence-electron chi connectivity index (χ3n) is 3.68. The Balaban J connectivity index is 2.11. The molecule has 4 heteroatoms. The van der Waals surface area contributed by atoms with E-state index in [4.69, 9.17) is 17.0 Å². The average Bonchev–Trinajstić information content (AvgIpc) is 2.76. The quantitative estimate of drug-likeness (QED) is 0.651. The summed E-state index contributed by atoms with van der Waals surface area (Å²) in [5.74, 6) is 0.883. The monoisotopic (exact) mass is 288 g/mol. The number of benzene rings is 1. The number of nitrogens with zero attached hydrogens (tertiary/aromatic N) is 1. The molecule has 0 aliphatic heterocycles. The smallest absolute Gasteiger partial charge is 0.178 e. The van der Waals surface area contributed by atoms with E-state index in [0.717, 1.165) is 40.8 Å². The molecule has 0 saturated carbocycles. The summed E-state index contributed by atoms with van der Waals surface area (Å²) in [5, 5.41) is 0. The first-order valence-corrected chi connectivity index (χ1v) is 7.62. The lowest BCUT2D eigenvalue weighted by molar-refractivity contribution is 0.245. The van der Waals surface area contributed by atoms with Crippen molar-refractivity contribution in [3.05, 3.63) is 35.1 Å². The Labute approximate surface area is 124 Å². The number of fused-ring (bicyclic) bond motifs is 1. The van der Waals surface area contributed by atoms with Crippen LogP contribution in [0.25, 0.3) is 11.0 Å². The van der Waals surface area contributed by atoms with Crippen LogP contribution in [0, 0.1) is 4.77 Å². The van der Waals surface area contributed by atoms with Gasteiger partial charge >= 0.3 is 0 Å². The second-order valence-corrected chi connectivity index (χ2v) is 5.94. The molecule has 1 aromatic heterocycles. The number of ether oxygens (including phenoxy) is 1. The Morgan fingerprint density at radius 3 is 2.90 bits per heavy atom. The van der Waals surface area contributed by atoms with Gasteiger partial charge in [-0.25, -0.2) is 0 Å². The zero-order valence-electron chi connectivity index (χ0n) is 11.9. The minimum atomic E-state index is 0.156. The Kier molecular flexibility index (Phi) is 3.66. The Morgan fingerprint density at radius 2 is 2.20 bits per heavy atom. The van der Waals surface area contributed by atoms with E-state index >= 15 is 0 Å². The number of para-hydroxylation sites is 1. The number of aromatic amines is 1. The van der Waals surface area contributed by atoms with E-state index in [-0.39, 0.29) is 6.10 Å². The van der Waals surface area contributed by atoms with Gasteiger partial charge in [0.1, 0.15) is 11.3 Å². The summed E-state index contributed by atoms with van der Waals surface area (Å²) in [6, 6.07) is 6.61. The van der Waals surface area contributed by atoms with E-state index in [9.17, 15) is 0 Å². The normalized spacial score (nSPS) is 18.9. The van der Waals surface area contributed by atoms with Crippen LogP contribution in [0.3, 0.4) is 0 Å². The van der Waals surface area contributed by atoms with E-state index in [1.807, 2.05) is 26.0 Å². The minimum absolute atomic E-state index is 0.156. The molecule has 3 rings (SSSR count). The molecule has 1 unspecified atom stereocenters. The van der Waals surface area contributed by atoms with Gasteiger partial charge in [-0.2, -0.15) is 0 Å². The molecule has 20 heavy (non-hydrogen) atoms. The van der Waals surface area contributed by atoms with Gasteiger partial charge in [-0.05, 0) is 57.5 Å². The van der Waals surface area contributed by atoms with E-state index in [2.05, 4.69) is 27.8 Å². The van der Waals surface area contributed by atoms with E-state index < -0.39 is 0 Å². The molecule has 0 saturated heterocycles. The lowest BCUT2D eigenvalue weighted by atomic mass is 10.0. The van der Waals surface area contributed by atoms with Gasteiger partial charge < -0.3 is 14.3 Å². The van der Waals surface area contributed by atoms with Gasteiger partial charge in [-0.15, -0.1) is 0 Å². The van der Waals surface area contributed by atoms with E-state index in [1.165, 1.54) is 0 Å². The van der Waals surface area contributed by atoms with Crippen LogP contribution in [0.2, 0.25) is 0 Å². The third kappa shape index (κ3) is 2.40. The number of rotatable bonds is 3. The van der Waals surface area contributed by atoms with Crippen molar-refractivity contribution in [1.29, 1.82) is 0 Å². The van der Waals surface area contributed by atoms with Crippen LogP contribution >= 0.6 is 12.2 Å². The van der Waals surface area contributed by atoms with Crippen molar-refractivity contribution in [2.75, 3.05) is 0 Å². The minimum Gasteiger partial charge on any atom is -0.489 e. The Morgan fingerprint density at radius 1 is 1.35 bits per heavy atom. The number of allylic oxidation sites excluding steroid dienone is 2. The highest BCUT2D eigenvalue weighted by Gasteiger charge is 2.17. The zero-order chi connectivity index (χ0) is 14.1. The fourth-order valence-electron chi connectivity index (χ4n) is 2.85. The van der Waals surface area contributed by atoms with Crippen molar-refractivity contribution in [2.24, 2.45) is 0 Å². The molecule has 1 heterocycles. The fourth-order valence-corrected chi connectivity index (χ4v) is 3.20. The maximum absolute atomic E-state index is 5.88. The van der Waals surface area contributed by atoms with Crippen LogP contribution in [-0.2, 0) is 0 Å². The van der Waals surface area contributed by atoms with Crippen LogP contribution in [-0.4, -0.2) is 15.7 Å². The van der Waals surface area contributed by atoms with Gasteiger partial charge in [0.2, 0.25) is 0 Å². The first kappa shape index (κ1) is 13.4. The SMILES string of the molecule is CC(C)Oc1cccc2c1[nH]c(=S)n2C1CC=CCC1. The van der Waals surface area contributed by atoms with Gasteiger partial charge in [-0.3, -0.25) is 0 Å². The number of imidazole rings is 1. The highest BCUT2D eigenvalue weighted by Crippen LogP contribution is 2.32. The summed E-state index contributed by atoms with van der Waals surface area (Å²) in [7, 11) is 0. The lowest BCUT2D eigenvalue weighted by Gasteiger charge is -2.20. The second kappa shape index (κ2) is 5.44. The van der Waals surface area contributed by atoms with Crippen LogP contribution < -0.4 is 4.74 Å². The molecule has 0 spiro atoms. The maximum Gasteiger partial charge on any atom is 0.178 e. The summed E-state index contributed by atoms with van der Waals surface area (Å²) in [6.45, 7) is 4.08. The van der Waals surface area contributed by atoms with Crippen molar-refractivity contribution in [1.82, 2.24) is 9.55 Å². The molecule has 1 N–H and O–H groups in total. The predicted octanol–water partition coefficient (Wildman–Crippen LogP) is 4.77. The molecule has 106 valence electrons. The van der Waals surface area contributed by atoms with Crippen LogP contribution in [0.4, 0.5) is 0 Å². The van der Waals surface area contributed by atoms with E-state index in [1.54, 1.807) is 0 Å². The highest BCUT2D eigenvalue weighted by molar-refractivity contribution is 7.71. The summed E-state index contributed by atoms with van der Waals surface area (Å²) >= 11 is 5.53. The lowest BCUT2D eigenvalue weighted by Crippen LogP contribution is -2.10. The number of aromatic nitrogens is 2. The number of nitrogens with one attached hydrogen (secondary N) is 1. The predicted molar refractivity (Wildman–Crippen MR) is 84.9 cm³/mol. The molecule has 0 amide bonds. The molecular formula is C16H20N2OS. The van der Waals surface area contributed by atoms with Crippen molar-refractivity contribution in [2.45, 2.75) is 45.3 Å². The molecule has 1 aliphatic rings. The van der Waals surface area contributed by atoms with Crippen molar-refractivity contribution < 1.29 is 4.74 Å². The molecule has 1 atom stereocenters. The van der Waals surface area contributed by atoms with Crippen molar-refractivity contribution in [3.8, 4) is 5.75 Å². The van der Waals surface area contributed by atoms with Gasteiger partial charge in [0, 0.05) is 6.04 Å². The van der Waals surface area contributed by atoms with E-state index in [0.29, 0.717) is 6.04 Å². The first-order valence-electron chi connectivity index (χ1n) is 7.21. The summed E-state index contributed by atoms with van der Waals surface area (Å²) in [6.07, 6.45) is 7.99. The standard InChI is InChI=1S/C16H20N2OS/c1-11(2)19-14-10-6-9-13-15(14)17-16(20)18(13)12-7-4-3-5-8-12/h3-4,6,9-12H,5,7-8H2,1-2H3,(H,17,20). The van der Waals surface area contributed by atoms with Gasteiger partial charge in [-0.1, -0.05) is 18.2 Å². The van der Waals surface area contributed by atoms with Gasteiger partial charge in [0.25, 0.3) is 0 Å². The maximum atomic E-state index is 5.88. The fraction of sp³-hybridized carbons (Fsp3) is 0.438. The van der Waals surface area contributed by atoms with Crippen molar-refractivity contribution in [3.63, 3.8) is 0 Å². The molecule has 0 fully saturated rings. The highest BCUT2D eigenvalue weighted by atomic mass is 32.1. The topological polar surface area (TPSA) is 29.9 Å². The van der Waals surface area contributed by atoms with Gasteiger partial charge in [0.15, 0.2) is 4.77 Å². The summed E-state index contributed by atoms with van der Waals surface area (Å²) < 4.78 is 8.92. The largest absolute Gasteiger partial charge is 0.489 e. The second-order valence-electron chi connectivity index (χ2n) is 5.56.